The van der Waals surface area contributed by atoms with E-state index in [1.807, 2.05) is 32.0 Å². The maximum absolute atomic E-state index is 13.1. The summed E-state index contributed by atoms with van der Waals surface area (Å²) >= 11 is 1.57. The van der Waals surface area contributed by atoms with Crippen molar-refractivity contribution >= 4 is 33.1 Å². The molecule has 0 aliphatic heterocycles. The Morgan fingerprint density at radius 2 is 2.14 bits per heavy atom. The number of hydrogen-bond donors (Lipinski definition) is 1. The van der Waals surface area contributed by atoms with Crippen molar-refractivity contribution in [2.45, 2.75) is 53.0 Å². The Balaban J connectivity index is 1.68. The number of carbonyl (C=O) groups is 1. The van der Waals surface area contributed by atoms with E-state index in [2.05, 4.69) is 22.6 Å². The van der Waals surface area contributed by atoms with Crippen molar-refractivity contribution in [2.24, 2.45) is 5.92 Å². The Morgan fingerprint density at radius 1 is 1.36 bits per heavy atom. The first kappa shape index (κ1) is 18.8. The smallest absolute Gasteiger partial charge is 0.279 e. The minimum absolute atomic E-state index is 0.222. The summed E-state index contributed by atoms with van der Waals surface area (Å²) in [7, 11) is 0. The monoisotopic (exact) mass is 396 g/mol. The molecule has 1 aromatic carbocycles. The van der Waals surface area contributed by atoms with Crippen molar-refractivity contribution in [1.82, 2.24) is 15.0 Å². The fourth-order valence-electron chi connectivity index (χ4n) is 3.74. The Labute approximate surface area is 167 Å². The summed E-state index contributed by atoms with van der Waals surface area (Å²) in [6.45, 7) is 7.83. The molecule has 6 nitrogen and oxygen atoms in total. The second-order valence-electron chi connectivity index (χ2n) is 7.85. The zero-order chi connectivity index (χ0) is 20.0. The molecule has 1 aliphatic rings. The van der Waals surface area contributed by atoms with Gasteiger partial charge in [-0.05, 0) is 68.7 Å². The van der Waals surface area contributed by atoms with Gasteiger partial charge in [-0.15, -0.1) is 16.4 Å². The van der Waals surface area contributed by atoms with Crippen LogP contribution in [0.15, 0.2) is 23.0 Å². The van der Waals surface area contributed by atoms with Crippen molar-refractivity contribution in [3.8, 4) is 0 Å². The molecule has 1 aliphatic carbocycles. The number of carbonyl (C=O) groups excluding carboxylic acids is 1. The van der Waals surface area contributed by atoms with Crippen LogP contribution < -0.4 is 10.9 Å². The quantitative estimate of drug-likeness (QED) is 0.731. The van der Waals surface area contributed by atoms with E-state index in [-0.39, 0.29) is 11.5 Å². The average Bonchev–Trinajstić information content (AvgIpc) is 3.02. The highest BCUT2D eigenvalue weighted by molar-refractivity contribution is 7.18. The molecule has 0 fully saturated rings. The van der Waals surface area contributed by atoms with Gasteiger partial charge in [0.25, 0.3) is 5.56 Å². The molecular weight excluding hydrogens is 372 g/mol. The first-order valence-corrected chi connectivity index (χ1v) is 10.4. The molecular formula is C21H24N4O2S. The van der Waals surface area contributed by atoms with Crippen molar-refractivity contribution in [2.75, 3.05) is 5.32 Å². The number of rotatable bonds is 3. The third-order valence-corrected chi connectivity index (χ3v) is 6.68. The van der Waals surface area contributed by atoms with Crippen molar-refractivity contribution in [1.29, 1.82) is 0 Å². The van der Waals surface area contributed by atoms with E-state index in [0.29, 0.717) is 16.1 Å². The summed E-state index contributed by atoms with van der Waals surface area (Å²) in [4.78, 5) is 27.9. The average molecular weight is 397 g/mol. The Kier molecular flexibility index (Phi) is 4.79. The number of hydrogen-bond acceptors (Lipinski definition) is 5. The first-order valence-electron chi connectivity index (χ1n) is 9.63. The highest BCUT2D eigenvalue weighted by atomic mass is 32.1. The lowest BCUT2D eigenvalue weighted by atomic mass is 9.89. The number of fused-ring (bicyclic) bond motifs is 3. The van der Waals surface area contributed by atoms with Crippen LogP contribution in [0.5, 0.6) is 0 Å². The van der Waals surface area contributed by atoms with E-state index >= 15 is 0 Å². The van der Waals surface area contributed by atoms with Gasteiger partial charge in [0, 0.05) is 10.6 Å². The molecule has 2 heterocycles. The molecule has 0 saturated heterocycles. The van der Waals surface area contributed by atoms with Crippen LogP contribution in [0.25, 0.3) is 10.2 Å². The van der Waals surface area contributed by atoms with E-state index < -0.39 is 6.04 Å². The lowest BCUT2D eigenvalue weighted by molar-refractivity contribution is -0.119. The molecule has 0 spiro atoms. The number of aromatic nitrogens is 3. The largest absolute Gasteiger partial charge is 0.324 e. The molecule has 0 bridgehead atoms. The summed E-state index contributed by atoms with van der Waals surface area (Å²) < 4.78 is 1.22. The molecule has 0 radical (unpaired) electrons. The summed E-state index contributed by atoms with van der Waals surface area (Å²) in [6, 6.07) is 5.14. The topological polar surface area (TPSA) is 76.9 Å². The number of nitrogens with zero attached hydrogens (tertiary/aromatic N) is 3. The molecule has 146 valence electrons. The fraction of sp³-hybridized carbons (Fsp3) is 0.429. The Morgan fingerprint density at radius 3 is 2.93 bits per heavy atom. The van der Waals surface area contributed by atoms with E-state index in [1.165, 1.54) is 9.56 Å². The molecule has 1 amide bonds. The van der Waals surface area contributed by atoms with Crippen LogP contribution in [0.3, 0.4) is 0 Å². The Hall–Kier alpha value is -2.54. The SMILES string of the molecule is Cc1ccc(C)c(NC(=O)[C@H](C)n2nnc3sc4c(c3c2=O)CC[C@@H](C)C4)c1. The second kappa shape index (κ2) is 7.13. The number of amides is 1. The van der Waals surface area contributed by atoms with Gasteiger partial charge < -0.3 is 5.32 Å². The number of thiophene rings is 1. The minimum Gasteiger partial charge on any atom is -0.324 e. The van der Waals surface area contributed by atoms with Gasteiger partial charge in [0.1, 0.15) is 6.04 Å². The van der Waals surface area contributed by atoms with Crippen LogP contribution in [-0.4, -0.2) is 20.9 Å². The van der Waals surface area contributed by atoms with Gasteiger partial charge in [0.15, 0.2) is 4.83 Å². The lowest BCUT2D eigenvalue weighted by Gasteiger charge is -2.18. The van der Waals surface area contributed by atoms with Crippen LogP contribution in [0.2, 0.25) is 0 Å². The first-order chi connectivity index (χ1) is 13.3. The highest BCUT2D eigenvalue weighted by Crippen LogP contribution is 2.35. The summed E-state index contributed by atoms with van der Waals surface area (Å²) in [5, 5.41) is 11.9. The van der Waals surface area contributed by atoms with E-state index in [9.17, 15) is 9.59 Å². The standard InChI is InChI=1S/C21H24N4O2S/c1-11-5-7-13(3)16(9-11)22-19(26)14(4)25-21(27)18-15-8-6-12(2)10-17(15)28-20(18)23-24-25/h5,7,9,12,14H,6,8,10H2,1-4H3,(H,22,26)/t12-,14+/m1/s1. The predicted molar refractivity (Wildman–Crippen MR) is 112 cm³/mol. The van der Waals surface area contributed by atoms with Crippen LogP contribution in [0.4, 0.5) is 5.69 Å². The number of aryl methyl sites for hydroxylation is 3. The molecule has 4 rings (SSSR count). The molecule has 28 heavy (non-hydrogen) atoms. The van der Waals surface area contributed by atoms with E-state index in [1.54, 1.807) is 18.3 Å². The predicted octanol–water partition coefficient (Wildman–Crippen LogP) is 3.79. The van der Waals surface area contributed by atoms with Gasteiger partial charge in [0.2, 0.25) is 5.91 Å². The van der Waals surface area contributed by atoms with Crippen LogP contribution in [0.1, 0.15) is 47.9 Å². The van der Waals surface area contributed by atoms with E-state index in [0.717, 1.165) is 41.6 Å². The Bertz CT molecular complexity index is 1130. The third kappa shape index (κ3) is 3.24. The maximum Gasteiger partial charge on any atom is 0.279 e. The summed E-state index contributed by atoms with van der Waals surface area (Å²) in [5.74, 6) is 0.347. The normalized spacial score (nSPS) is 17.4. The van der Waals surface area contributed by atoms with Crippen LogP contribution in [-0.2, 0) is 17.6 Å². The van der Waals surface area contributed by atoms with Gasteiger partial charge in [-0.25, -0.2) is 0 Å². The zero-order valence-corrected chi connectivity index (χ0v) is 17.4. The number of nitrogens with one attached hydrogen (secondary N) is 1. The molecule has 2 atom stereocenters. The summed E-state index contributed by atoms with van der Waals surface area (Å²) in [5.41, 5.74) is 3.67. The van der Waals surface area contributed by atoms with Crippen LogP contribution >= 0.6 is 11.3 Å². The van der Waals surface area contributed by atoms with Gasteiger partial charge in [-0.3, -0.25) is 9.59 Å². The molecule has 0 saturated carbocycles. The summed E-state index contributed by atoms with van der Waals surface area (Å²) in [6.07, 6.45) is 2.95. The zero-order valence-electron chi connectivity index (χ0n) is 16.6. The molecule has 0 unspecified atom stereocenters. The van der Waals surface area contributed by atoms with Crippen LogP contribution in [0, 0.1) is 19.8 Å². The third-order valence-electron chi connectivity index (χ3n) is 5.54. The van der Waals surface area contributed by atoms with Crippen molar-refractivity contribution < 1.29 is 4.79 Å². The number of benzene rings is 1. The van der Waals surface area contributed by atoms with Crippen molar-refractivity contribution in [3.63, 3.8) is 0 Å². The molecule has 3 aromatic rings. The molecule has 7 heteroatoms. The van der Waals surface area contributed by atoms with Gasteiger partial charge >= 0.3 is 0 Å². The van der Waals surface area contributed by atoms with Gasteiger partial charge in [-0.1, -0.05) is 24.3 Å². The second-order valence-corrected chi connectivity index (χ2v) is 8.94. The van der Waals surface area contributed by atoms with E-state index in [4.69, 9.17) is 0 Å². The highest BCUT2D eigenvalue weighted by Gasteiger charge is 2.26. The molecule has 1 N–H and O–H groups in total. The molecule has 2 aromatic heterocycles. The maximum atomic E-state index is 13.1. The fourth-order valence-corrected chi connectivity index (χ4v) is 5.06. The van der Waals surface area contributed by atoms with Crippen molar-refractivity contribution in [3.05, 3.63) is 50.1 Å². The van der Waals surface area contributed by atoms with Gasteiger partial charge in [-0.2, -0.15) is 4.68 Å². The number of anilines is 1. The van der Waals surface area contributed by atoms with Gasteiger partial charge in [0.05, 0.1) is 5.39 Å². The minimum atomic E-state index is -0.748. The lowest BCUT2D eigenvalue weighted by Crippen LogP contribution is -2.34.